The van der Waals surface area contributed by atoms with Crippen molar-refractivity contribution in [3.63, 3.8) is 0 Å². The molecule has 0 aromatic rings. The molecule has 1 aliphatic rings. The Kier molecular flexibility index (Phi) is 17.5. The minimum absolute atomic E-state index is 0.0849. The summed E-state index contributed by atoms with van der Waals surface area (Å²) in [6, 6.07) is -2.30. The molecule has 0 radical (unpaired) electrons. The summed E-state index contributed by atoms with van der Waals surface area (Å²) in [6.45, 7) is 3.13. The number of aliphatic hydroxyl groups is 2. The molecule has 0 bridgehead atoms. The van der Waals surface area contributed by atoms with E-state index >= 15 is 0 Å². The van der Waals surface area contributed by atoms with Crippen LogP contribution in [0.25, 0.3) is 0 Å². The van der Waals surface area contributed by atoms with Gasteiger partial charge in [-0.25, -0.2) is 14.6 Å². The second kappa shape index (κ2) is 20.3. The van der Waals surface area contributed by atoms with Crippen molar-refractivity contribution >= 4 is 23.9 Å². The Labute approximate surface area is 237 Å². The molecule has 1 rings (SSSR count). The van der Waals surface area contributed by atoms with Crippen LogP contribution < -0.4 is 22.1 Å². The molecular formula is C24H39N5O12. The summed E-state index contributed by atoms with van der Waals surface area (Å²) in [5, 5.41) is 35.3. The van der Waals surface area contributed by atoms with Crippen LogP contribution in [-0.2, 0) is 38.0 Å². The zero-order chi connectivity index (χ0) is 30.6. The number of guanidine groups is 1. The van der Waals surface area contributed by atoms with Crippen molar-refractivity contribution in [1.82, 2.24) is 10.6 Å². The van der Waals surface area contributed by atoms with Gasteiger partial charge in [0.1, 0.15) is 31.5 Å². The lowest BCUT2D eigenvalue weighted by molar-refractivity contribution is -0.145. The topological polar surface area (TPSA) is 256 Å². The SMILES string of the molecule is C#CCOCCOCCOCCOCCNC(=O)OC[C@@H](O)[C@@H](O)[C@@H]1OC(C(=O)O)=C[C@H](N=C(N)N)[C@H]1NC(C)=O. The first kappa shape index (κ1) is 35.4. The molecule has 9 N–H and O–H groups in total. The molecule has 0 aromatic heterocycles. The number of carbonyl (C=O) groups excluding carboxylic acids is 2. The smallest absolute Gasteiger partial charge is 0.407 e. The highest BCUT2D eigenvalue weighted by Crippen LogP contribution is 2.25. The molecule has 1 heterocycles. The number of nitrogens with one attached hydrogen (secondary N) is 2. The molecule has 5 atom stereocenters. The number of nitrogens with zero attached hydrogens (tertiary/aromatic N) is 1. The normalized spacial score (nSPS) is 19.5. The van der Waals surface area contributed by atoms with Crippen molar-refractivity contribution in [2.24, 2.45) is 16.5 Å². The number of hydrogen-bond donors (Lipinski definition) is 7. The van der Waals surface area contributed by atoms with E-state index in [1.54, 1.807) is 0 Å². The molecule has 0 fully saturated rings. The molecule has 1 aliphatic heterocycles. The van der Waals surface area contributed by atoms with E-state index < -0.39 is 66.7 Å². The third-order valence-electron chi connectivity index (χ3n) is 5.12. The van der Waals surface area contributed by atoms with Crippen molar-refractivity contribution in [1.29, 1.82) is 0 Å². The van der Waals surface area contributed by atoms with Crippen LogP contribution in [0.5, 0.6) is 0 Å². The maximum absolute atomic E-state index is 11.9. The van der Waals surface area contributed by atoms with Crippen molar-refractivity contribution in [2.75, 3.05) is 66.0 Å². The van der Waals surface area contributed by atoms with Crippen LogP contribution in [0.2, 0.25) is 0 Å². The Hall–Kier alpha value is -3.66. The fraction of sp³-hybridized carbons (Fsp3) is 0.667. The highest BCUT2D eigenvalue weighted by molar-refractivity contribution is 5.85. The number of aliphatic carboxylic acids is 1. The van der Waals surface area contributed by atoms with Gasteiger partial charge in [-0.3, -0.25) is 4.79 Å². The fourth-order valence-electron chi connectivity index (χ4n) is 3.35. The number of ether oxygens (including phenoxy) is 6. The number of hydrogen-bond acceptors (Lipinski definition) is 12. The summed E-state index contributed by atoms with van der Waals surface area (Å²) in [4.78, 5) is 39.0. The molecule has 2 amide bonds. The first-order valence-corrected chi connectivity index (χ1v) is 12.6. The Morgan fingerprint density at radius 1 is 1.07 bits per heavy atom. The van der Waals surface area contributed by atoms with Crippen molar-refractivity contribution in [3.8, 4) is 12.3 Å². The van der Waals surface area contributed by atoms with Crippen LogP contribution in [0.15, 0.2) is 16.8 Å². The highest BCUT2D eigenvalue weighted by Gasteiger charge is 2.44. The average Bonchev–Trinajstić information content (AvgIpc) is 2.91. The zero-order valence-corrected chi connectivity index (χ0v) is 22.7. The van der Waals surface area contributed by atoms with E-state index in [0.717, 1.165) is 6.08 Å². The molecule has 0 aliphatic carbocycles. The first-order valence-electron chi connectivity index (χ1n) is 12.6. The van der Waals surface area contributed by atoms with Crippen molar-refractivity contribution < 1.29 is 58.1 Å². The lowest BCUT2D eigenvalue weighted by Gasteiger charge is -2.38. The largest absolute Gasteiger partial charge is 0.478 e. The number of rotatable bonds is 20. The van der Waals surface area contributed by atoms with Crippen LogP contribution in [0.3, 0.4) is 0 Å². The van der Waals surface area contributed by atoms with Crippen molar-refractivity contribution in [3.05, 3.63) is 11.8 Å². The Balaban J connectivity index is 2.37. The minimum atomic E-state index is -1.82. The summed E-state index contributed by atoms with van der Waals surface area (Å²) in [5.74, 6) is -0.739. The monoisotopic (exact) mass is 589 g/mol. The number of alkyl carbamates (subject to hydrolysis) is 1. The van der Waals surface area contributed by atoms with Gasteiger partial charge in [-0.2, -0.15) is 0 Å². The molecule has 232 valence electrons. The summed E-state index contributed by atoms with van der Waals surface area (Å²) in [6.07, 6.45) is 0.116. The van der Waals surface area contributed by atoms with Crippen LogP contribution in [-0.4, -0.2) is 136 Å². The van der Waals surface area contributed by atoms with Gasteiger partial charge in [0.25, 0.3) is 0 Å². The third-order valence-corrected chi connectivity index (χ3v) is 5.12. The van der Waals surface area contributed by atoms with Gasteiger partial charge in [-0.1, -0.05) is 5.92 Å². The Bertz CT molecular complexity index is 921. The number of carboxylic acids is 1. The van der Waals surface area contributed by atoms with Gasteiger partial charge in [-0.05, 0) is 6.08 Å². The van der Waals surface area contributed by atoms with Gasteiger partial charge in [0.2, 0.25) is 11.7 Å². The lowest BCUT2D eigenvalue weighted by atomic mass is 9.92. The van der Waals surface area contributed by atoms with Gasteiger partial charge in [0.05, 0.1) is 58.3 Å². The number of aliphatic hydroxyl groups excluding tert-OH is 2. The minimum Gasteiger partial charge on any atom is -0.478 e. The first-order chi connectivity index (χ1) is 19.6. The number of amides is 2. The van der Waals surface area contributed by atoms with Gasteiger partial charge in [0, 0.05) is 13.5 Å². The second-order valence-corrected chi connectivity index (χ2v) is 8.37. The van der Waals surface area contributed by atoms with E-state index in [4.69, 9.17) is 46.3 Å². The molecule has 0 aromatic carbocycles. The number of aliphatic imine (C=N–C) groups is 1. The van der Waals surface area contributed by atoms with Gasteiger partial charge in [-0.15, -0.1) is 6.42 Å². The van der Waals surface area contributed by atoms with Crippen molar-refractivity contribution in [2.45, 2.75) is 37.3 Å². The summed E-state index contributed by atoms with van der Waals surface area (Å²) >= 11 is 0. The maximum Gasteiger partial charge on any atom is 0.407 e. The number of carbonyl (C=O) groups is 3. The zero-order valence-electron chi connectivity index (χ0n) is 22.7. The van der Waals surface area contributed by atoms with Gasteiger partial charge in [0.15, 0.2) is 5.96 Å². The number of terminal acetylenes is 1. The lowest BCUT2D eigenvalue weighted by Crippen LogP contribution is -2.60. The highest BCUT2D eigenvalue weighted by atomic mass is 16.6. The van der Waals surface area contributed by atoms with Crippen LogP contribution in [0.4, 0.5) is 4.79 Å². The van der Waals surface area contributed by atoms with Gasteiger partial charge < -0.3 is 65.8 Å². The summed E-state index contributed by atoms with van der Waals surface area (Å²) < 4.78 is 31.2. The quantitative estimate of drug-likeness (QED) is 0.0317. The standard InChI is InChI=1S/C24H39N5O12/c1-3-5-36-7-9-38-11-12-39-10-8-37-6-4-27-24(35)40-14-17(31)20(32)21-19(28-15(2)30)16(29-23(25)26)13-18(41-21)22(33)34/h1,13,16-17,19-21,31-32H,4-12,14H2,2H3,(H,27,35)(H,28,30)(H,33,34)(H4,25,26,29)/t16-,17+,19+,20+,21+/m0/s1. The fourth-order valence-corrected chi connectivity index (χ4v) is 3.35. The predicted molar refractivity (Wildman–Crippen MR) is 141 cm³/mol. The van der Waals surface area contributed by atoms with Crippen LogP contribution >= 0.6 is 0 Å². The maximum atomic E-state index is 11.9. The summed E-state index contributed by atoms with van der Waals surface area (Å²) in [5.41, 5.74) is 10.8. The van der Waals surface area contributed by atoms with E-state index in [2.05, 4.69) is 21.5 Å². The van der Waals surface area contributed by atoms with E-state index in [1.807, 2.05) is 0 Å². The molecule has 41 heavy (non-hydrogen) atoms. The molecule has 0 unspecified atom stereocenters. The average molecular weight is 590 g/mol. The second-order valence-electron chi connectivity index (χ2n) is 8.37. The molecule has 17 nitrogen and oxygen atoms in total. The molecular weight excluding hydrogens is 550 g/mol. The van der Waals surface area contributed by atoms with Crippen LogP contribution in [0, 0.1) is 12.3 Å². The molecule has 17 heteroatoms. The summed E-state index contributed by atoms with van der Waals surface area (Å²) in [7, 11) is 0. The van der Waals surface area contributed by atoms with E-state index in [9.17, 15) is 29.7 Å². The Morgan fingerprint density at radius 2 is 1.66 bits per heavy atom. The Morgan fingerprint density at radius 3 is 2.20 bits per heavy atom. The van der Waals surface area contributed by atoms with Crippen LogP contribution in [0.1, 0.15) is 6.92 Å². The predicted octanol–water partition coefficient (Wildman–Crippen LogP) is -3.35. The number of carboxylic acid groups (broad SMARTS) is 1. The number of nitrogens with two attached hydrogens (primary N) is 2. The third kappa shape index (κ3) is 15.1. The van der Waals surface area contributed by atoms with Gasteiger partial charge >= 0.3 is 12.1 Å². The molecule has 0 saturated heterocycles. The molecule has 0 saturated carbocycles. The molecule has 0 spiro atoms. The van der Waals surface area contributed by atoms with E-state index in [-0.39, 0.29) is 26.4 Å². The van der Waals surface area contributed by atoms with E-state index in [0.29, 0.717) is 33.0 Å². The van der Waals surface area contributed by atoms with E-state index in [1.165, 1.54) is 6.92 Å².